The highest BCUT2D eigenvalue weighted by Crippen LogP contribution is 2.59. The Bertz CT molecular complexity index is 1170. The molecule has 1 aromatic carbocycles. The van der Waals surface area contributed by atoms with Crippen molar-refractivity contribution >= 4 is 23.4 Å². The molecule has 1 aromatic rings. The molecule has 3 aliphatic heterocycles. The van der Waals surface area contributed by atoms with E-state index in [1.165, 1.54) is 0 Å². The molecule has 0 saturated carbocycles. The van der Waals surface area contributed by atoms with E-state index in [2.05, 4.69) is 20.1 Å². The maximum absolute atomic E-state index is 14.5. The molecule has 2 bridgehead atoms. The third-order valence-electron chi connectivity index (χ3n) is 9.08. The Morgan fingerprint density at radius 3 is 2.44 bits per heavy atom. The number of nitrogens with zero attached hydrogens (tertiary/aromatic N) is 3. The van der Waals surface area contributed by atoms with Gasteiger partial charge in [-0.3, -0.25) is 14.4 Å². The second-order valence-corrected chi connectivity index (χ2v) is 12.4. The third kappa shape index (κ3) is 6.11. The zero-order valence-electron chi connectivity index (χ0n) is 26.2. The molecule has 1 spiro atoms. The van der Waals surface area contributed by atoms with E-state index in [0.717, 1.165) is 12.8 Å². The summed E-state index contributed by atoms with van der Waals surface area (Å²) in [6.07, 6.45) is 6.22. The van der Waals surface area contributed by atoms with Gasteiger partial charge in [-0.05, 0) is 62.8 Å². The van der Waals surface area contributed by atoms with Crippen molar-refractivity contribution in [2.24, 2.45) is 17.8 Å². The van der Waals surface area contributed by atoms with E-state index in [1.807, 2.05) is 45.0 Å². The van der Waals surface area contributed by atoms with Gasteiger partial charge in [-0.1, -0.05) is 39.3 Å². The number of hydrogen-bond donors (Lipinski definition) is 1. The fraction of sp³-hybridized carbons (Fsp3) is 0.618. The van der Waals surface area contributed by atoms with Crippen molar-refractivity contribution in [2.45, 2.75) is 83.6 Å². The van der Waals surface area contributed by atoms with Crippen molar-refractivity contribution in [3.8, 4) is 5.75 Å². The lowest BCUT2D eigenvalue weighted by Gasteiger charge is -2.39. The number of likely N-dealkylation sites (tertiary alicyclic amines) is 1. The van der Waals surface area contributed by atoms with E-state index < -0.39 is 35.6 Å². The molecule has 6 atom stereocenters. The quantitative estimate of drug-likeness (QED) is 0.288. The number of aliphatic hydroxyl groups is 1. The molecule has 3 amide bonds. The van der Waals surface area contributed by atoms with Crippen LogP contribution in [0.2, 0.25) is 0 Å². The number of benzene rings is 1. The predicted octanol–water partition coefficient (Wildman–Crippen LogP) is 4.20. The molecule has 3 saturated heterocycles. The Balaban J connectivity index is 1.76. The standard InChI is InChI=1S/C34H49N3O6/c1-7-11-20-35(18-8-2)33(41)30-34-17-16-27(43-34)28(29(34)32(40)37(30)25(22-38)21-23(5)6)31(39)36(19-9-3)24-12-14-26(15-13-24)42-10-4/h8-9,12-15,23,25,27-30,38H,2-3,7,10-11,16-22H2,1,4-6H3/t25-,27+,28-,29+,30?,34?/m1/s1. The van der Waals surface area contributed by atoms with Crippen LogP contribution < -0.4 is 9.64 Å². The second kappa shape index (κ2) is 14.1. The SMILES string of the molecule is C=CCN(CCCC)C(=O)C1N([C@@H](CO)CC(C)C)C(=O)[C@@H]2[C@H](C(=O)N(CC=C)c3ccc(OCC)cc3)[C@@H]3CCC12O3. The fourth-order valence-electron chi connectivity index (χ4n) is 7.36. The summed E-state index contributed by atoms with van der Waals surface area (Å²) in [5, 5.41) is 10.5. The maximum Gasteiger partial charge on any atom is 0.248 e. The Labute approximate surface area is 256 Å². The van der Waals surface area contributed by atoms with Crippen molar-refractivity contribution in [2.75, 3.05) is 37.7 Å². The second-order valence-electron chi connectivity index (χ2n) is 12.4. The molecule has 0 aromatic heterocycles. The molecule has 43 heavy (non-hydrogen) atoms. The van der Waals surface area contributed by atoms with Crippen LogP contribution in [0.15, 0.2) is 49.6 Å². The molecule has 0 aliphatic carbocycles. The largest absolute Gasteiger partial charge is 0.494 e. The first-order chi connectivity index (χ1) is 20.7. The Hall–Kier alpha value is -3.17. The highest BCUT2D eigenvalue weighted by atomic mass is 16.5. The van der Waals surface area contributed by atoms with Gasteiger partial charge in [0, 0.05) is 25.3 Å². The van der Waals surface area contributed by atoms with Gasteiger partial charge in [0.1, 0.15) is 17.4 Å². The molecule has 236 valence electrons. The van der Waals surface area contributed by atoms with Crippen molar-refractivity contribution in [3.05, 3.63) is 49.6 Å². The van der Waals surface area contributed by atoms with Crippen LogP contribution in [0.4, 0.5) is 5.69 Å². The van der Waals surface area contributed by atoms with E-state index in [9.17, 15) is 19.5 Å². The Kier molecular flexibility index (Phi) is 10.7. The number of ether oxygens (including phenoxy) is 2. The number of unbranched alkanes of at least 4 members (excludes halogenated alkanes) is 1. The fourth-order valence-corrected chi connectivity index (χ4v) is 7.36. The lowest BCUT2D eigenvalue weighted by atomic mass is 9.70. The molecule has 9 nitrogen and oxygen atoms in total. The highest BCUT2D eigenvalue weighted by molar-refractivity contribution is 6.03. The van der Waals surface area contributed by atoms with Crippen molar-refractivity contribution in [1.82, 2.24) is 9.80 Å². The number of carbonyl (C=O) groups excluding carboxylic acids is 3. The van der Waals surface area contributed by atoms with Gasteiger partial charge in [-0.25, -0.2) is 0 Å². The summed E-state index contributed by atoms with van der Waals surface area (Å²) in [5.74, 6) is -1.39. The van der Waals surface area contributed by atoms with Crippen molar-refractivity contribution in [3.63, 3.8) is 0 Å². The molecule has 3 aliphatic rings. The van der Waals surface area contributed by atoms with Gasteiger partial charge in [0.25, 0.3) is 0 Å². The van der Waals surface area contributed by atoms with Crippen LogP contribution in [0.25, 0.3) is 0 Å². The smallest absolute Gasteiger partial charge is 0.248 e. The monoisotopic (exact) mass is 595 g/mol. The van der Waals surface area contributed by atoms with Gasteiger partial charge in [0.15, 0.2) is 0 Å². The minimum absolute atomic E-state index is 0.181. The number of anilines is 1. The van der Waals surface area contributed by atoms with Gasteiger partial charge in [0.05, 0.1) is 37.2 Å². The van der Waals surface area contributed by atoms with Crippen LogP contribution in [0, 0.1) is 17.8 Å². The zero-order valence-corrected chi connectivity index (χ0v) is 26.2. The summed E-state index contributed by atoms with van der Waals surface area (Å²) < 4.78 is 12.3. The molecule has 2 unspecified atom stereocenters. The summed E-state index contributed by atoms with van der Waals surface area (Å²) >= 11 is 0. The van der Waals surface area contributed by atoms with E-state index in [0.29, 0.717) is 50.4 Å². The maximum atomic E-state index is 14.5. The summed E-state index contributed by atoms with van der Waals surface area (Å²) in [4.78, 5) is 48.4. The molecular weight excluding hydrogens is 546 g/mol. The summed E-state index contributed by atoms with van der Waals surface area (Å²) in [6.45, 7) is 17.2. The number of hydrogen-bond acceptors (Lipinski definition) is 6. The molecule has 3 fully saturated rings. The molecular formula is C34H49N3O6. The molecule has 3 heterocycles. The minimum Gasteiger partial charge on any atom is -0.494 e. The van der Waals surface area contributed by atoms with Crippen LogP contribution in [0.5, 0.6) is 5.75 Å². The molecule has 1 N–H and O–H groups in total. The van der Waals surface area contributed by atoms with Gasteiger partial charge in [0.2, 0.25) is 17.7 Å². The van der Waals surface area contributed by atoms with Crippen LogP contribution in [-0.4, -0.2) is 89.3 Å². The van der Waals surface area contributed by atoms with Gasteiger partial charge in [-0.2, -0.15) is 0 Å². The first-order valence-corrected chi connectivity index (χ1v) is 15.8. The zero-order chi connectivity index (χ0) is 31.3. The van der Waals surface area contributed by atoms with Crippen molar-refractivity contribution < 1.29 is 29.0 Å². The summed E-state index contributed by atoms with van der Waals surface area (Å²) in [7, 11) is 0. The Morgan fingerprint density at radius 1 is 1.16 bits per heavy atom. The number of carbonyl (C=O) groups is 3. The average molecular weight is 596 g/mol. The van der Waals surface area contributed by atoms with Crippen LogP contribution in [-0.2, 0) is 19.1 Å². The lowest BCUT2D eigenvalue weighted by Crippen LogP contribution is -2.59. The predicted molar refractivity (Wildman–Crippen MR) is 167 cm³/mol. The number of rotatable bonds is 16. The molecule has 0 radical (unpaired) electrons. The van der Waals surface area contributed by atoms with Crippen molar-refractivity contribution in [1.29, 1.82) is 0 Å². The average Bonchev–Trinajstić information content (AvgIpc) is 3.64. The van der Waals surface area contributed by atoms with E-state index in [4.69, 9.17) is 9.47 Å². The van der Waals surface area contributed by atoms with Crippen LogP contribution in [0.1, 0.15) is 59.8 Å². The first kappa shape index (κ1) is 32.7. The van der Waals surface area contributed by atoms with E-state index in [1.54, 1.807) is 26.9 Å². The first-order valence-electron chi connectivity index (χ1n) is 15.8. The lowest BCUT2D eigenvalue weighted by molar-refractivity contribution is -0.151. The van der Waals surface area contributed by atoms with Crippen LogP contribution in [0.3, 0.4) is 0 Å². The third-order valence-corrected chi connectivity index (χ3v) is 9.08. The number of aliphatic hydroxyl groups excluding tert-OH is 1. The molecule has 9 heteroatoms. The molecule has 4 rings (SSSR count). The minimum atomic E-state index is -1.13. The van der Waals surface area contributed by atoms with Gasteiger partial charge in [-0.15, -0.1) is 13.2 Å². The number of fused-ring (bicyclic) bond motifs is 1. The number of amides is 3. The summed E-state index contributed by atoms with van der Waals surface area (Å²) in [5.41, 5.74) is -0.460. The van der Waals surface area contributed by atoms with Crippen LogP contribution >= 0.6 is 0 Å². The Morgan fingerprint density at radius 2 is 1.86 bits per heavy atom. The summed E-state index contributed by atoms with van der Waals surface area (Å²) in [6, 6.07) is 5.82. The van der Waals surface area contributed by atoms with Gasteiger partial charge < -0.3 is 29.3 Å². The van der Waals surface area contributed by atoms with E-state index >= 15 is 0 Å². The van der Waals surface area contributed by atoms with E-state index in [-0.39, 0.29) is 36.8 Å². The normalized spacial score (nSPS) is 26.4. The van der Waals surface area contributed by atoms with Gasteiger partial charge >= 0.3 is 0 Å². The topological polar surface area (TPSA) is 99.6 Å². The highest BCUT2D eigenvalue weighted by Gasteiger charge is 2.75.